The molecule has 0 aliphatic rings. The van der Waals surface area contributed by atoms with Crippen molar-refractivity contribution in [2.75, 3.05) is 0 Å². The number of nitrogens with one attached hydrogen (secondary N) is 1. The molecular formula is C15H12ClN3O. The molecule has 0 bridgehead atoms. The molecule has 1 N–H and O–H groups in total. The number of hydrogen-bond donors (Lipinski definition) is 1. The highest BCUT2D eigenvalue weighted by Gasteiger charge is 2.16. The van der Waals surface area contributed by atoms with Crippen LogP contribution in [0.2, 0.25) is 5.02 Å². The minimum atomic E-state index is -0.761. The fourth-order valence-electron chi connectivity index (χ4n) is 1.75. The summed E-state index contributed by atoms with van der Waals surface area (Å²) in [6, 6.07) is 13.3. The summed E-state index contributed by atoms with van der Waals surface area (Å²) in [6.45, 7) is 1.80. The number of pyridine rings is 1. The van der Waals surface area contributed by atoms with Gasteiger partial charge in [0.2, 0.25) is 0 Å². The molecule has 1 heterocycles. The molecule has 2 aromatic rings. The van der Waals surface area contributed by atoms with Gasteiger partial charge < -0.3 is 5.32 Å². The minimum Gasteiger partial charge on any atom is -0.331 e. The molecule has 1 atom stereocenters. The van der Waals surface area contributed by atoms with Gasteiger partial charge in [-0.1, -0.05) is 29.8 Å². The van der Waals surface area contributed by atoms with E-state index in [2.05, 4.69) is 10.3 Å². The average Bonchev–Trinajstić information content (AvgIpc) is 2.44. The molecule has 100 valence electrons. The lowest BCUT2D eigenvalue weighted by Crippen LogP contribution is -2.28. The number of rotatable bonds is 3. The summed E-state index contributed by atoms with van der Waals surface area (Å²) in [6.07, 6.45) is 0. The second-order valence-electron chi connectivity index (χ2n) is 4.25. The van der Waals surface area contributed by atoms with Crippen LogP contribution in [0.25, 0.3) is 0 Å². The summed E-state index contributed by atoms with van der Waals surface area (Å²) < 4.78 is 0. The monoisotopic (exact) mass is 285 g/mol. The van der Waals surface area contributed by atoms with Gasteiger partial charge in [0.15, 0.2) is 0 Å². The summed E-state index contributed by atoms with van der Waals surface area (Å²) in [7, 11) is 0. The molecule has 5 heteroatoms. The largest absolute Gasteiger partial charge is 0.331 e. The number of nitrogens with zero attached hydrogens (tertiary/aromatic N) is 2. The van der Waals surface area contributed by atoms with Crippen LogP contribution >= 0.6 is 11.6 Å². The van der Waals surface area contributed by atoms with Gasteiger partial charge in [0.25, 0.3) is 5.91 Å². The highest BCUT2D eigenvalue weighted by atomic mass is 35.5. The number of hydrogen-bond acceptors (Lipinski definition) is 3. The first-order chi connectivity index (χ1) is 9.60. The second-order valence-corrected chi connectivity index (χ2v) is 4.69. The second kappa shape index (κ2) is 6.18. The lowest BCUT2D eigenvalue weighted by Gasteiger charge is -2.12. The highest BCUT2D eigenvalue weighted by molar-refractivity contribution is 6.30. The molecule has 0 aliphatic carbocycles. The lowest BCUT2D eigenvalue weighted by atomic mass is 10.1. The smallest absolute Gasteiger partial charge is 0.271 e. The maximum atomic E-state index is 12.1. The normalized spacial score (nSPS) is 11.4. The van der Waals surface area contributed by atoms with Gasteiger partial charge in [-0.25, -0.2) is 4.98 Å². The number of aryl methyl sites for hydroxylation is 1. The number of nitriles is 1. The van der Waals surface area contributed by atoms with Gasteiger partial charge in [0.05, 0.1) is 6.07 Å². The molecule has 20 heavy (non-hydrogen) atoms. The number of carbonyl (C=O) groups is 1. The molecule has 1 aromatic heterocycles. The number of halogens is 1. The first kappa shape index (κ1) is 14.0. The van der Waals surface area contributed by atoms with Gasteiger partial charge in [-0.3, -0.25) is 4.79 Å². The van der Waals surface area contributed by atoms with Crippen LogP contribution in [0.1, 0.15) is 27.8 Å². The van der Waals surface area contributed by atoms with Crippen molar-refractivity contribution in [1.29, 1.82) is 5.26 Å². The zero-order valence-electron chi connectivity index (χ0n) is 10.8. The van der Waals surface area contributed by atoms with Gasteiger partial charge in [0.1, 0.15) is 11.7 Å². The molecule has 0 aliphatic heterocycles. The zero-order valence-corrected chi connectivity index (χ0v) is 11.6. The van der Waals surface area contributed by atoms with Crippen LogP contribution < -0.4 is 5.32 Å². The van der Waals surface area contributed by atoms with E-state index in [0.717, 1.165) is 5.69 Å². The molecule has 0 saturated heterocycles. The van der Waals surface area contributed by atoms with Crippen LogP contribution in [-0.4, -0.2) is 10.9 Å². The van der Waals surface area contributed by atoms with E-state index in [-0.39, 0.29) is 11.6 Å². The molecule has 0 saturated carbocycles. The summed E-state index contributed by atoms with van der Waals surface area (Å²) in [4.78, 5) is 16.2. The third-order valence-electron chi connectivity index (χ3n) is 2.71. The van der Waals surface area contributed by atoms with E-state index in [1.165, 1.54) is 0 Å². The summed E-state index contributed by atoms with van der Waals surface area (Å²) in [5.41, 5.74) is 1.67. The van der Waals surface area contributed by atoms with Gasteiger partial charge in [-0.15, -0.1) is 0 Å². The molecule has 4 nitrogen and oxygen atoms in total. The summed E-state index contributed by atoms with van der Waals surface area (Å²) in [5, 5.41) is 12.3. The Morgan fingerprint density at radius 2 is 2.10 bits per heavy atom. The molecule has 1 unspecified atom stereocenters. The number of benzene rings is 1. The van der Waals surface area contributed by atoms with Crippen molar-refractivity contribution in [3.63, 3.8) is 0 Å². The van der Waals surface area contributed by atoms with E-state index < -0.39 is 6.04 Å². The molecule has 0 radical (unpaired) electrons. The SMILES string of the molecule is Cc1cccc(C(=O)NC(C#N)c2cccc(Cl)c2)n1. The fourth-order valence-corrected chi connectivity index (χ4v) is 1.95. The summed E-state index contributed by atoms with van der Waals surface area (Å²) in [5.74, 6) is -0.389. The highest BCUT2D eigenvalue weighted by Crippen LogP contribution is 2.17. The predicted octanol–water partition coefficient (Wildman–Crippen LogP) is 3.04. The van der Waals surface area contributed by atoms with E-state index >= 15 is 0 Å². The summed E-state index contributed by atoms with van der Waals surface area (Å²) >= 11 is 5.89. The first-order valence-electron chi connectivity index (χ1n) is 6.00. The Bertz CT molecular complexity index is 679. The van der Waals surface area contributed by atoms with Crippen molar-refractivity contribution < 1.29 is 4.79 Å². The average molecular weight is 286 g/mol. The van der Waals surface area contributed by atoms with Gasteiger partial charge in [-0.05, 0) is 36.8 Å². The van der Waals surface area contributed by atoms with Crippen LogP contribution in [0, 0.1) is 18.3 Å². The van der Waals surface area contributed by atoms with Crippen molar-refractivity contribution in [2.24, 2.45) is 0 Å². The fraction of sp³-hybridized carbons (Fsp3) is 0.133. The number of carbonyl (C=O) groups excluding carboxylic acids is 1. The van der Waals surface area contributed by atoms with E-state index in [0.29, 0.717) is 10.6 Å². The molecule has 0 fully saturated rings. The molecule has 1 aromatic carbocycles. The van der Waals surface area contributed by atoms with Gasteiger partial charge in [0, 0.05) is 10.7 Å². The predicted molar refractivity (Wildman–Crippen MR) is 76.2 cm³/mol. The topological polar surface area (TPSA) is 65.8 Å². The van der Waals surface area contributed by atoms with Crippen molar-refractivity contribution in [1.82, 2.24) is 10.3 Å². The Morgan fingerprint density at radius 1 is 1.35 bits per heavy atom. The van der Waals surface area contributed by atoms with Crippen LogP contribution in [-0.2, 0) is 0 Å². The Balaban J connectivity index is 2.19. The zero-order chi connectivity index (χ0) is 14.5. The Kier molecular flexibility index (Phi) is 4.34. The van der Waals surface area contributed by atoms with E-state index in [1.54, 1.807) is 49.4 Å². The van der Waals surface area contributed by atoms with Gasteiger partial charge in [-0.2, -0.15) is 5.26 Å². The molecule has 0 spiro atoms. The van der Waals surface area contributed by atoms with E-state index in [4.69, 9.17) is 11.6 Å². The van der Waals surface area contributed by atoms with Crippen molar-refractivity contribution in [2.45, 2.75) is 13.0 Å². The quantitative estimate of drug-likeness (QED) is 0.942. The maximum absolute atomic E-state index is 12.1. The minimum absolute atomic E-state index is 0.285. The lowest BCUT2D eigenvalue weighted by molar-refractivity contribution is 0.0940. The van der Waals surface area contributed by atoms with Crippen molar-refractivity contribution in [3.8, 4) is 6.07 Å². The van der Waals surface area contributed by atoms with E-state index in [1.807, 2.05) is 6.07 Å². The Morgan fingerprint density at radius 3 is 2.75 bits per heavy atom. The molecule has 1 amide bonds. The Labute approximate surface area is 122 Å². The number of amides is 1. The third kappa shape index (κ3) is 3.34. The third-order valence-corrected chi connectivity index (χ3v) is 2.94. The van der Waals surface area contributed by atoms with Crippen LogP contribution in [0.3, 0.4) is 0 Å². The van der Waals surface area contributed by atoms with E-state index in [9.17, 15) is 10.1 Å². The molecular weight excluding hydrogens is 274 g/mol. The first-order valence-corrected chi connectivity index (χ1v) is 6.37. The van der Waals surface area contributed by atoms with Crippen LogP contribution in [0.15, 0.2) is 42.5 Å². The van der Waals surface area contributed by atoms with Crippen LogP contribution in [0.4, 0.5) is 0 Å². The van der Waals surface area contributed by atoms with Gasteiger partial charge >= 0.3 is 0 Å². The maximum Gasteiger partial charge on any atom is 0.271 e. The number of aromatic nitrogens is 1. The standard InChI is InChI=1S/C15H12ClN3O/c1-10-4-2-7-13(18-10)15(20)19-14(9-17)11-5-3-6-12(16)8-11/h2-8,14H,1H3,(H,19,20). The van der Waals surface area contributed by atoms with Crippen molar-refractivity contribution in [3.05, 3.63) is 64.4 Å². The Hall–Kier alpha value is -2.38. The molecule has 2 rings (SSSR count). The van der Waals surface area contributed by atoms with Crippen molar-refractivity contribution >= 4 is 17.5 Å². The van der Waals surface area contributed by atoms with Crippen LogP contribution in [0.5, 0.6) is 0 Å².